The number of ether oxygens (including phenoxy) is 3. The van der Waals surface area contributed by atoms with Crippen LogP contribution in [0.3, 0.4) is 0 Å². The number of nitrogens with zero attached hydrogens (tertiary/aromatic N) is 4. The number of carbonyl (C=O) groups excluding carboxylic acids is 1. The molecule has 2 aromatic heterocycles. The largest absolute Gasteiger partial charge is 0.387 e. The molecule has 3 fully saturated rings. The van der Waals surface area contributed by atoms with Crippen molar-refractivity contribution in [2.24, 2.45) is 5.73 Å². The third-order valence-corrected chi connectivity index (χ3v) is 6.62. The number of nitrogens with two attached hydrogens (primary N) is 1. The number of hydrogen-bond acceptors (Lipinski definition) is 10. The Morgan fingerprint density at radius 1 is 1.28 bits per heavy atom. The molecule has 2 aliphatic heterocycles. The van der Waals surface area contributed by atoms with E-state index in [4.69, 9.17) is 19.9 Å². The maximum absolute atomic E-state index is 11.9. The number of imidazole rings is 1. The summed E-state index contributed by atoms with van der Waals surface area (Å²) < 4.78 is 18.8. The van der Waals surface area contributed by atoms with Gasteiger partial charge in [0.05, 0.1) is 25.6 Å². The summed E-state index contributed by atoms with van der Waals surface area (Å²) in [6, 6.07) is 0.142. The summed E-state index contributed by atoms with van der Waals surface area (Å²) in [5, 5.41) is 24.6. The van der Waals surface area contributed by atoms with Crippen molar-refractivity contribution >= 4 is 22.9 Å². The Morgan fingerprint density at radius 3 is 2.81 bits per heavy atom. The molecule has 0 bridgehead atoms. The van der Waals surface area contributed by atoms with Crippen molar-refractivity contribution in [2.75, 3.05) is 25.1 Å². The highest BCUT2D eigenvalue weighted by Gasteiger charge is 2.47. The lowest BCUT2D eigenvalue weighted by molar-refractivity contribution is -0.152. The average molecular weight is 448 g/mol. The maximum Gasteiger partial charge on any atom is 0.249 e. The Kier molecular flexibility index (Phi) is 5.72. The predicted octanol–water partition coefficient (Wildman–Crippen LogP) is -0.539. The van der Waals surface area contributed by atoms with Crippen LogP contribution in [0.25, 0.3) is 11.2 Å². The molecule has 174 valence electrons. The summed E-state index contributed by atoms with van der Waals surface area (Å²) in [6.45, 7) is 1.23. The van der Waals surface area contributed by atoms with Gasteiger partial charge in [0, 0.05) is 6.61 Å². The number of carbonyl (C=O) groups is 1. The van der Waals surface area contributed by atoms with Crippen LogP contribution in [0.1, 0.15) is 38.3 Å². The zero-order valence-electron chi connectivity index (χ0n) is 17.6. The van der Waals surface area contributed by atoms with E-state index in [1.807, 2.05) is 0 Å². The van der Waals surface area contributed by atoms with E-state index < -0.39 is 36.0 Å². The first kappa shape index (κ1) is 21.5. The van der Waals surface area contributed by atoms with Gasteiger partial charge in [0.15, 0.2) is 23.2 Å². The molecule has 5 atom stereocenters. The molecule has 5 rings (SSSR count). The van der Waals surface area contributed by atoms with Crippen molar-refractivity contribution < 1.29 is 29.2 Å². The van der Waals surface area contributed by atoms with E-state index in [2.05, 4.69) is 20.3 Å². The lowest BCUT2D eigenvalue weighted by atomic mass is 10.0. The van der Waals surface area contributed by atoms with Crippen molar-refractivity contribution in [3.05, 3.63) is 12.7 Å². The van der Waals surface area contributed by atoms with Gasteiger partial charge in [-0.1, -0.05) is 0 Å². The van der Waals surface area contributed by atoms with E-state index in [0.29, 0.717) is 43.0 Å². The molecule has 3 aliphatic rings. The van der Waals surface area contributed by atoms with Gasteiger partial charge in [-0.2, -0.15) is 0 Å². The molecule has 0 radical (unpaired) electrons. The Balaban J connectivity index is 1.33. The summed E-state index contributed by atoms with van der Waals surface area (Å²) in [4.78, 5) is 24.9. The van der Waals surface area contributed by atoms with Gasteiger partial charge in [0.2, 0.25) is 5.91 Å². The monoisotopic (exact) mass is 448 g/mol. The highest BCUT2D eigenvalue weighted by molar-refractivity contribution is 5.84. The number of fused-ring (bicyclic) bond motifs is 1. The van der Waals surface area contributed by atoms with Gasteiger partial charge in [-0.05, 0) is 32.1 Å². The summed E-state index contributed by atoms with van der Waals surface area (Å²) in [5.74, 6) is 0.0615. The molecular formula is C20H28N6O6. The number of primary amides is 1. The van der Waals surface area contributed by atoms with Crippen LogP contribution in [0, 0.1) is 0 Å². The van der Waals surface area contributed by atoms with Crippen molar-refractivity contribution in [3.63, 3.8) is 0 Å². The normalized spacial score (nSPS) is 32.0. The van der Waals surface area contributed by atoms with Crippen molar-refractivity contribution in [1.82, 2.24) is 19.5 Å². The highest BCUT2D eigenvalue weighted by Crippen LogP contribution is 2.36. The second-order valence-electron chi connectivity index (χ2n) is 8.67. The molecule has 4 heterocycles. The van der Waals surface area contributed by atoms with E-state index in [1.54, 1.807) is 4.57 Å². The van der Waals surface area contributed by atoms with Crippen LogP contribution in [0.4, 0.5) is 5.82 Å². The van der Waals surface area contributed by atoms with Crippen molar-refractivity contribution in [1.29, 1.82) is 0 Å². The number of aliphatic hydroxyl groups is 2. The molecule has 0 unspecified atom stereocenters. The molecule has 32 heavy (non-hydrogen) atoms. The Bertz CT molecular complexity index is 973. The Morgan fingerprint density at radius 2 is 2.09 bits per heavy atom. The summed E-state index contributed by atoms with van der Waals surface area (Å²) in [5.41, 5.74) is 5.52. The van der Waals surface area contributed by atoms with Crippen LogP contribution in [0.15, 0.2) is 12.7 Å². The quantitative estimate of drug-likeness (QED) is 0.432. The standard InChI is InChI=1S/C20H28N6O6/c21-19(29)20(4-1-2-5-20)31-8-12-14(27)15(28)18(32-12)26-10-24-13-16(22-9-23-17(13)26)25-11-3-6-30-7-11/h9-12,14-15,18,27-28H,1-8H2,(H2,21,29)(H,22,23,25)/t11-,12-,14-,15-,18-/m1/s1. The van der Waals surface area contributed by atoms with Crippen LogP contribution in [0.5, 0.6) is 0 Å². The molecule has 0 spiro atoms. The van der Waals surface area contributed by atoms with Gasteiger partial charge >= 0.3 is 0 Å². The first-order valence-corrected chi connectivity index (χ1v) is 11.0. The van der Waals surface area contributed by atoms with Crippen molar-refractivity contribution in [2.45, 2.75) is 68.3 Å². The smallest absolute Gasteiger partial charge is 0.249 e. The SMILES string of the molecule is NC(=O)C1(OC[C@H]2O[C@@H](n3cnc4c(N[C@@H]5CCOC5)ncnc43)[C@H](O)[C@@H]2O)CCCC1. The fraction of sp³-hybridized carbons (Fsp3) is 0.700. The predicted molar refractivity (Wildman–Crippen MR) is 110 cm³/mol. The first-order valence-electron chi connectivity index (χ1n) is 11.0. The van der Waals surface area contributed by atoms with Gasteiger partial charge in [-0.15, -0.1) is 0 Å². The third-order valence-electron chi connectivity index (χ3n) is 6.62. The fourth-order valence-electron chi connectivity index (χ4n) is 4.73. The second kappa shape index (κ2) is 8.52. The summed E-state index contributed by atoms with van der Waals surface area (Å²) in [6.07, 6.45) is 2.38. The second-order valence-corrected chi connectivity index (χ2v) is 8.67. The molecule has 2 aromatic rings. The number of rotatable bonds is 7. The summed E-state index contributed by atoms with van der Waals surface area (Å²) >= 11 is 0. The summed E-state index contributed by atoms with van der Waals surface area (Å²) in [7, 11) is 0. The molecule has 12 heteroatoms. The molecule has 12 nitrogen and oxygen atoms in total. The van der Waals surface area contributed by atoms with Gasteiger partial charge in [-0.3, -0.25) is 9.36 Å². The van der Waals surface area contributed by atoms with Crippen LogP contribution in [-0.4, -0.2) is 85.4 Å². The molecule has 1 saturated carbocycles. The molecule has 5 N–H and O–H groups in total. The average Bonchev–Trinajstić information content (AvgIpc) is 3.57. The molecule has 0 aromatic carbocycles. The lowest BCUT2D eigenvalue weighted by Gasteiger charge is -2.27. The number of hydrogen-bond donors (Lipinski definition) is 4. The minimum Gasteiger partial charge on any atom is -0.387 e. The highest BCUT2D eigenvalue weighted by atomic mass is 16.6. The number of anilines is 1. The van der Waals surface area contributed by atoms with Crippen molar-refractivity contribution in [3.8, 4) is 0 Å². The van der Waals surface area contributed by atoms with Gasteiger partial charge in [-0.25, -0.2) is 15.0 Å². The zero-order chi connectivity index (χ0) is 22.3. The molecule has 1 amide bonds. The maximum atomic E-state index is 11.9. The fourth-order valence-corrected chi connectivity index (χ4v) is 4.73. The van der Waals surface area contributed by atoms with E-state index in [0.717, 1.165) is 19.3 Å². The van der Waals surface area contributed by atoms with Gasteiger partial charge in [0.25, 0.3) is 0 Å². The topological polar surface area (TPSA) is 167 Å². The third kappa shape index (κ3) is 3.71. The lowest BCUT2D eigenvalue weighted by Crippen LogP contribution is -2.46. The van der Waals surface area contributed by atoms with Crippen LogP contribution in [-0.2, 0) is 19.0 Å². The molecule has 2 saturated heterocycles. The molecule has 1 aliphatic carbocycles. The van der Waals surface area contributed by atoms with Crippen LogP contribution in [0.2, 0.25) is 0 Å². The molecular weight excluding hydrogens is 420 g/mol. The Labute approximate surface area is 184 Å². The zero-order valence-corrected chi connectivity index (χ0v) is 17.6. The number of aromatic nitrogens is 4. The van der Waals surface area contributed by atoms with Gasteiger partial charge in [0.1, 0.15) is 30.2 Å². The minimum absolute atomic E-state index is 0.0617. The van der Waals surface area contributed by atoms with E-state index >= 15 is 0 Å². The van der Waals surface area contributed by atoms with E-state index in [1.165, 1.54) is 12.7 Å². The van der Waals surface area contributed by atoms with E-state index in [-0.39, 0.29) is 12.6 Å². The number of aliphatic hydroxyl groups excluding tert-OH is 2. The van der Waals surface area contributed by atoms with E-state index in [9.17, 15) is 15.0 Å². The van der Waals surface area contributed by atoms with Crippen LogP contribution >= 0.6 is 0 Å². The Hall–Kier alpha value is -2.38. The van der Waals surface area contributed by atoms with Gasteiger partial charge < -0.3 is 35.5 Å². The number of amides is 1. The van der Waals surface area contributed by atoms with Crippen LogP contribution < -0.4 is 11.1 Å². The minimum atomic E-state index is -1.23. The first-order chi connectivity index (χ1) is 15.5. The number of nitrogens with one attached hydrogen (secondary N) is 1.